The minimum atomic E-state index is 0.130. The van der Waals surface area contributed by atoms with Crippen LogP contribution in [0.25, 0.3) is 0 Å². The summed E-state index contributed by atoms with van der Waals surface area (Å²) in [5.74, 6) is 0. The number of piperidine rings is 1. The summed E-state index contributed by atoms with van der Waals surface area (Å²) < 4.78 is 0. The number of likely N-dealkylation sites (tertiary alicyclic amines) is 1. The molecule has 0 saturated carbocycles. The molecule has 1 fully saturated rings. The summed E-state index contributed by atoms with van der Waals surface area (Å²) in [6, 6.07) is 0.130. The average molecular weight is 226 g/mol. The van der Waals surface area contributed by atoms with Gasteiger partial charge in [-0.3, -0.25) is 9.80 Å². The molecule has 0 N–H and O–H groups in total. The lowest BCUT2D eigenvalue weighted by molar-refractivity contribution is -0.113. The Hall–Kier alpha value is -0.740. The maximum Gasteiger partial charge on any atom is 0.137 e. The Bertz CT molecular complexity index is 221. The smallest absolute Gasteiger partial charge is 0.137 e. The van der Waals surface area contributed by atoms with Crippen LogP contribution in [-0.4, -0.2) is 61.6 Å². The molecule has 1 rings (SSSR count). The Morgan fingerprint density at radius 2 is 2.19 bits per heavy atom. The second kappa shape index (κ2) is 7.52. The summed E-state index contributed by atoms with van der Waals surface area (Å²) in [6.07, 6.45) is 6.41. The van der Waals surface area contributed by atoms with Crippen LogP contribution in [0.2, 0.25) is 0 Å². The van der Waals surface area contributed by atoms with Crippen molar-refractivity contribution < 1.29 is 9.59 Å². The lowest BCUT2D eigenvalue weighted by atomic mass is 10.0. The number of nitrogens with zero attached hydrogens (tertiary/aromatic N) is 2. The van der Waals surface area contributed by atoms with E-state index in [1.54, 1.807) is 0 Å². The van der Waals surface area contributed by atoms with Gasteiger partial charge >= 0.3 is 0 Å². The number of hydrogen-bond acceptors (Lipinski definition) is 4. The lowest BCUT2D eigenvalue weighted by Crippen LogP contribution is -2.41. The third-order valence-corrected chi connectivity index (χ3v) is 3.19. The van der Waals surface area contributed by atoms with Crippen LogP contribution >= 0.6 is 0 Å². The van der Waals surface area contributed by atoms with Crippen LogP contribution in [0.5, 0.6) is 0 Å². The number of likely N-dealkylation sites (N-methyl/N-ethyl adjacent to an activating group) is 1. The molecule has 4 heteroatoms. The van der Waals surface area contributed by atoms with E-state index >= 15 is 0 Å². The average Bonchev–Trinajstić information content (AvgIpc) is 2.30. The van der Waals surface area contributed by atoms with Gasteiger partial charge in [-0.25, -0.2) is 0 Å². The van der Waals surface area contributed by atoms with Gasteiger partial charge in [0, 0.05) is 6.54 Å². The van der Waals surface area contributed by atoms with Crippen LogP contribution in [0, 0.1) is 0 Å². The molecule has 0 aromatic heterocycles. The van der Waals surface area contributed by atoms with Gasteiger partial charge in [0.1, 0.15) is 12.6 Å². The van der Waals surface area contributed by atoms with Gasteiger partial charge < -0.3 is 9.59 Å². The predicted molar refractivity (Wildman–Crippen MR) is 63.5 cm³/mol. The summed E-state index contributed by atoms with van der Waals surface area (Å²) in [4.78, 5) is 25.4. The topological polar surface area (TPSA) is 40.6 Å². The minimum Gasteiger partial charge on any atom is -0.302 e. The van der Waals surface area contributed by atoms with Crippen molar-refractivity contribution in [2.24, 2.45) is 0 Å². The Balaban J connectivity index is 2.19. The van der Waals surface area contributed by atoms with Crippen LogP contribution in [0.1, 0.15) is 25.7 Å². The zero-order valence-corrected chi connectivity index (χ0v) is 10.1. The first-order valence-corrected chi connectivity index (χ1v) is 6.09. The molecule has 0 radical (unpaired) electrons. The van der Waals surface area contributed by atoms with Crippen molar-refractivity contribution in [1.29, 1.82) is 0 Å². The van der Waals surface area contributed by atoms with Crippen molar-refractivity contribution in [1.82, 2.24) is 9.80 Å². The molecular formula is C12H22N2O2. The van der Waals surface area contributed by atoms with Gasteiger partial charge in [0.05, 0.1) is 12.6 Å². The fraction of sp³-hybridized carbons (Fsp3) is 0.833. The molecule has 1 unspecified atom stereocenters. The second-order valence-electron chi connectivity index (χ2n) is 4.52. The van der Waals surface area contributed by atoms with E-state index in [0.29, 0.717) is 6.54 Å². The quantitative estimate of drug-likeness (QED) is 0.595. The molecule has 1 aliphatic rings. The first-order valence-electron chi connectivity index (χ1n) is 6.09. The van der Waals surface area contributed by atoms with E-state index in [1.165, 1.54) is 12.8 Å². The molecule has 1 atom stereocenters. The van der Waals surface area contributed by atoms with Gasteiger partial charge in [-0.2, -0.15) is 0 Å². The monoisotopic (exact) mass is 226 g/mol. The number of aldehydes is 2. The Morgan fingerprint density at radius 1 is 1.38 bits per heavy atom. The molecule has 92 valence electrons. The molecule has 1 aliphatic heterocycles. The molecule has 0 aromatic carbocycles. The maximum absolute atomic E-state index is 10.9. The van der Waals surface area contributed by atoms with E-state index in [1.807, 2.05) is 11.9 Å². The zero-order chi connectivity index (χ0) is 11.8. The normalized spacial score (nSPS) is 22.2. The summed E-state index contributed by atoms with van der Waals surface area (Å²) in [6.45, 7) is 3.42. The van der Waals surface area contributed by atoms with E-state index in [0.717, 1.165) is 45.0 Å². The molecule has 1 heterocycles. The largest absolute Gasteiger partial charge is 0.302 e. The molecule has 1 saturated heterocycles. The van der Waals surface area contributed by atoms with Crippen LogP contribution in [-0.2, 0) is 9.59 Å². The van der Waals surface area contributed by atoms with Crippen molar-refractivity contribution in [2.75, 3.05) is 33.2 Å². The van der Waals surface area contributed by atoms with Gasteiger partial charge in [0.2, 0.25) is 0 Å². The predicted octanol–water partition coefficient (Wildman–Crippen LogP) is 0.561. The number of rotatable bonds is 7. The van der Waals surface area contributed by atoms with Crippen molar-refractivity contribution in [3.8, 4) is 0 Å². The molecule has 16 heavy (non-hydrogen) atoms. The fourth-order valence-corrected chi connectivity index (χ4v) is 2.21. The third-order valence-electron chi connectivity index (χ3n) is 3.19. The molecule has 0 amide bonds. The summed E-state index contributed by atoms with van der Waals surface area (Å²) in [5.41, 5.74) is 0. The van der Waals surface area contributed by atoms with Crippen LogP contribution < -0.4 is 0 Å². The van der Waals surface area contributed by atoms with Gasteiger partial charge in [-0.05, 0) is 39.4 Å². The highest BCUT2D eigenvalue weighted by molar-refractivity contribution is 5.57. The Kier molecular flexibility index (Phi) is 6.26. The van der Waals surface area contributed by atoms with E-state index in [2.05, 4.69) is 4.90 Å². The highest BCUT2D eigenvalue weighted by Crippen LogP contribution is 2.15. The molecule has 0 spiro atoms. The van der Waals surface area contributed by atoms with Gasteiger partial charge in [0.15, 0.2) is 0 Å². The number of carbonyl (C=O) groups is 2. The van der Waals surface area contributed by atoms with E-state index in [4.69, 9.17) is 0 Å². The first-order chi connectivity index (χ1) is 7.77. The third kappa shape index (κ3) is 4.41. The first kappa shape index (κ1) is 13.3. The Labute approximate surface area is 97.6 Å². The van der Waals surface area contributed by atoms with Crippen LogP contribution in [0.15, 0.2) is 0 Å². The summed E-state index contributed by atoms with van der Waals surface area (Å²) in [7, 11) is 1.95. The van der Waals surface area contributed by atoms with E-state index in [-0.39, 0.29) is 6.04 Å². The highest BCUT2D eigenvalue weighted by Gasteiger charge is 2.20. The van der Waals surface area contributed by atoms with Crippen molar-refractivity contribution in [3.63, 3.8) is 0 Å². The molecular weight excluding hydrogens is 204 g/mol. The van der Waals surface area contributed by atoms with Crippen LogP contribution in [0.4, 0.5) is 0 Å². The number of hydrogen-bond donors (Lipinski definition) is 0. The standard InChI is InChI=1S/C12H22N2O2/c1-13(9-10-15)6-4-8-14-7-3-2-5-12(14)11-16/h10-12H,2-9H2,1H3. The summed E-state index contributed by atoms with van der Waals surface area (Å²) in [5, 5.41) is 0. The Morgan fingerprint density at radius 3 is 2.88 bits per heavy atom. The van der Waals surface area contributed by atoms with Crippen molar-refractivity contribution >= 4 is 12.6 Å². The molecule has 0 bridgehead atoms. The van der Waals surface area contributed by atoms with Crippen LogP contribution in [0.3, 0.4) is 0 Å². The lowest BCUT2D eigenvalue weighted by Gasteiger charge is -2.32. The molecule has 0 aromatic rings. The minimum absolute atomic E-state index is 0.130. The fourth-order valence-electron chi connectivity index (χ4n) is 2.21. The second-order valence-corrected chi connectivity index (χ2v) is 4.52. The van der Waals surface area contributed by atoms with E-state index in [9.17, 15) is 9.59 Å². The van der Waals surface area contributed by atoms with E-state index < -0.39 is 0 Å². The van der Waals surface area contributed by atoms with Crippen molar-refractivity contribution in [2.45, 2.75) is 31.7 Å². The van der Waals surface area contributed by atoms with Gasteiger partial charge in [-0.15, -0.1) is 0 Å². The number of carbonyl (C=O) groups excluding carboxylic acids is 2. The van der Waals surface area contributed by atoms with Crippen molar-refractivity contribution in [3.05, 3.63) is 0 Å². The zero-order valence-electron chi connectivity index (χ0n) is 10.1. The highest BCUT2D eigenvalue weighted by atomic mass is 16.1. The maximum atomic E-state index is 10.9. The molecule has 0 aliphatic carbocycles. The van der Waals surface area contributed by atoms with Gasteiger partial charge in [-0.1, -0.05) is 6.42 Å². The SMILES string of the molecule is CN(CC=O)CCCN1CCCCC1C=O. The summed E-state index contributed by atoms with van der Waals surface area (Å²) >= 11 is 0. The van der Waals surface area contributed by atoms with Gasteiger partial charge in [0.25, 0.3) is 0 Å². The molecule has 4 nitrogen and oxygen atoms in total.